The van der Waals surface area contributed by atoms with Gasteiger partial charge in [0.25, 0.3) is 0 Å². The number of sulfonamides is 1. The minimum absolute atomic E-state index is 0.0294. The van der Waals surface area contributed by atoms with Gasteiger partial charge < -0.3 is 10.7 Å². The van der Waals surface area contributed by atoms with Gasteiger partial charge in [0.05, 0.1) is 5.75 Å². The molecule has 1 aromatic heterocycles. The molecule has 8 nitrogen and oxygen atoms in total. The molecule has 0 spiro atoms. The number of hydrogen-bond donors (Lipinski definition) is 4. The number of hydrazine groups is 1. The van der Waals surface area contributed by atoms with E-state index in [9.17, 15) is 8.42 Å². The van der Waals surface area contributed by atoms with Crippen molar-refractivity contribution in [3.05, 3.63) is 11.9 Å². The van der Waals surface area contributed by atoms with Gasteiger partial charge in [0.1, 0.15) is 18.0 Å². The summed E-state index contributed by atoms with van der Waals surface area (Å²) in [4.78, 5) is 7.91. The Kier molecular flexibility index (Phi) is 4.61. The molecule has 9 heteroatoms. The lowest BCUT2D eigenvalue weighted by atomic mass is 10.3. The molecule has 96 valence electrons. The van der Waals surface area contributed by atoms with Gasteiger partial charge in [-0.15, -0.1) is 0 Å². The molecule has 1 rings (SSSR count). The van der Waals surface area contributed by atoms with Gasteiger partial charge in [-0.25, -0.2) is 29.0 Å². The predicted molar refractivity (Wildman–Crippen MR) is 65.9 cm³/mol. The molecule has 17 heavy (non-hydrogen) atoms. The summed E-state index contributed by atoms with van der Waals surface area (Å²) < 4.78 is 24.6. The van der Waals surface area contributed by atoms with Gasteiger partial charge in [-0.1, -0.05) is 0 Å². The maximum Gasteiger partial charge on any atom is 0.213 e. The minimum atomic E-state index is -3.21. The molecule has 0 radical (unpaired) electrons. The molecule has 0 aliphatic carbocycles. The smallest absolute Gasteiger partial charge is 0.213 e. The molecule has 0 unspecified atom stereocenters. The van der Waals surface area contributed by atoms with Crippen molar-refractivity contribution in [2.45, 2.75) is 6.92 Å². The third-order valence-electron chi connectivity index (χ3n) is 2.20. The number of anilines is 2. The first-order valence-electron chi connectivity index (χ1n) is 4.93. The highest BCUT2D eigenvalue weighted by molar-refractivity contribution is 7.89. The topological polar surface area (TPSA) is 122 Å². The van der Waals surface area contributed by atoms with Crippen molar-refractivity contribution in [2.75, 3.05) is 30.1 Å². The lowest BCUT2D eigenvalue weighted by Crippen LogP contribution is -2.26. The monoisotopic (exact) mass is 260 g/mol. The average molecular weight is 260 g/mol. The van der Waals surface area contributed by atoms with Crippen molar-refractivity contribution in [3.63, 3.8) is 0 Å². The second-order valence-corrected chi connectivity index (χ2v) is 5.34. The highest BCUT2D eigenvalue weighted by atomic mass is 32.2. The van der Waals surface area contributed by atoms with Gasteiger partial charge >= 0.3 is 0 Å². The first-order valence-corrected chi connectivity index (χ1v) is 6.58. The fourth-order valence-electron chi connectivity index (χ4n) is 1.18. The second-order valence-electron chi connectivity index (χ2n) is 3.29. The number of nitrogen functional groups attached to an aromatic ring is 1. The van der Waals surface area contributed by atoms with Crippen molar-refractivity contribution in [1.82, 2.24) is 14.7 Å². The molecule has 0 amide bonds. The van der Waals surface area contributed by atoms with Crippen LogP contribution in [0.3, 0.4) is 0 Å². The van der Waals surface area contributed by atoms with Crippen LogP contribution in [0, 0.1) is 6.92 Å². The third-order valence-corrected chi connectivity index (χ3v) is 3.56. The molecule has 0 aliphatic rings. The number of aromatic nitrogens is 2. The van der Waals surface area contributed by atoms with E-state index in [1.165, 1.54) is 13.4 Å². The summed E-state index contributed by atoms with van der Waals surface area (Å²) in [7, 11) is -1.84. The fourth-order valence-corrected chi connectivity index (χ4v) is 1.75. The molecule has 0 atom stereocenters. The van der Waals surface area contributed by atoms with Gasteiger partial charge in [0, 0.05) is 12.1 Å². The number of rotatable bonds is 6. The predicted octanol–water partition coefficient (Wildman–Crippen LogP) is -0.968. The maximum atomic E-state index is 11.2. The van der Waals surface area contributed by atoms with Crippen LogP contribution in [0.25, 0.3) is 0 Å². The molecule has 0 bridgehead atoms. The zero-order chi connectivity index (χ0) is 12.9. The maximum absolute atomic E-state index is 11.2. The van der Waals surface area contributed by atoms with Crippen LogP contribution >= 0.6 is 0 Å². The van der Waals surface area contributed by atoms with E-state index < -0.39 is 10.0 Å². The van der Waals surface area contributed by atoms with E-state index in [0.29, 0.717) is 11.6 Å². The molecule has 1 heterocycles. The Morgan fingerprint density at radius 3 is 2.59 bits per heavy atom. The minimum Gasteiger partial charge on any atom is -0.369 e. The molecular formula is C8H16N6O2S. The lowest BCUT2D eigenvalue weighted by Gasteiger charge is -2.10. The lowest BCUT2D eigenvalue weighted by molar-refractivity contribution is 0.588. The molecular weight excluding hydrogens is 244 g/mol. The van der Waals surface area contributed by atoms with Gasteiger partial charge in [-0.2, -0.15) is 0 Å². The Labute approximate surface area is 100 Å². The summed E-state index contributed by atoms with van der Waals surface area (Å²) in [6.45, 7) is 2.04. The normalized spacial score (nSPS) is 11.2. The van der Waals surface area contributed by atoms with E-state index in [1.807, 2.05) is 0 Å². The quantitative estimate of drug-likeness (QED) is 0.383. The zero-order valence-corrected chi connectivity index (χ0v) is 10.5. The van der Waals surface area contributed by atoms with Gasteiger partial charge in [0.15, 0.2) is 0 Å². The largest absolute Gasteiger partial charge is 0.369 e. The van der Waals surface area contributed by atoms with Crippen LogP contribution in [0.4, 0.5) is 11.6 Å². The van der Waals surface area contributed by atoms with E-state index in [2.05, 4.69) is 25.4 Å². The number of nitrogens with zero attached hydrogens (tertiary/aromatic N) is 2. The summed E-state index contributed by atoms with van der Waals surface area (Å²) >= 11 is 0. The molecule has 0 saturated heterocycles. The summed E-state index contributed by atoms with van der Waals surface area (Å²) in [6.07, 6.45) is 1.34. The van der Waals surface area contributed by atoms with Gasteiger partial charge in [0.2, 0.25) is 10.0 Å². The van der Waals surface area contributed by atoms with Crippen LogP contribution in [0.5, 0.6) is 0 Å². The van der Waals surface area contributed by atoms with Crippen molar-refractivity contribution in [2.24, 2.45) is 5.84 Å². The van der Waals surface area contributed by atoms with Crippen LogP contribution in [-0.4, -0.2) is 37.7 Å². The Hall–Kier alpha value is -1.45. The Morgan fingerprint density at radius 2 is 2.00 bits per heavy atom. The summed E-state index contributed by atoms with van der Waals surface area (Å²) in [5.41, 5.74) is 3.16. The number of nitrogens with one attached hydrogen (secondary N) is 3. The SMILES string of the molecule is CNS(=O)(=O)CCNc1ncnc(NN)c1C. The average Bonchev–Trinajstić information content (AvgIpc) is 2.31. The first-order chi connectivity index (χ1) is 8.00. The van der Waals surface area contributed by atoms with E-state index in [4.69, 9.17) is 5.84 Å². The highest BCUT2D eigenvalue weighted by Gasteiger charge is 2.08. The second kappa shape index (κ2) is 5.75. The Balaban J connectivity index is 2.64. The zero-order valence-electron chi connectivity index (χ0n) is 9.69. The van der Waals surface area contributed by atoms with E-state index in [0.717, 1.165) is 5.56 Å². The van der Waals surface area contributed by atoms with Crippen molar-refractivity contribution >= 4 is 21.7 Å². The van der Waals surface area contributed by atoms with Crippen molar-refractivity contribution < 1.29 is 8.42 Å². The standard InChI is InChI=1S/C8H16N6O2S/c1-6-7(12-5-13-8(6)14-9)11-3-4-17(15,16)10-2/h5,10H,3-4,9H2,1-2H3,(H2,11,12,13,14). The fraction of sp³-hybridized carbons (Fsp3) is 0.500. The summed E-state index contributed by atoms with van der Waals surface area (Å²) in [5, 5.41) is 2.91. The number of hydrogen-bond acceptors (Lipinski definition) is 7. The van der Waals surface area contributed by atoms with E-state index in [-0.39, 0.29) is 12.3 Å². The summed E-state index contributed by atoms with van der Waals surface area (Å²) in [6, 6.07) is 0. The highest BCUT2D eigenvalue weighted by Crippen LogP contribution is 2.16. The molecule has 5 N–H and O–H groups in total. The molecule has 0 fully saturated rings. The molecule has 1 aromatic rings. The van der Waals surface area contributed by atoms with Crippen molar-refractivity contribution in [1.29, 1.82) is 0 Å². The van der Waals surface area contributed by atoms with Crippen molar-refractivity contribution in [3.8, 4) is 0 Å². The third kappa shape index (κ3) is 3.80. The van der Waals surface area contributed by atoms with Crippen LogP contribution < -0.4 is 21.3 Å². The molecule has 0 aromatic carbocycles. The first kappa shape index (κ1) is 13.6. The van der Waals surface area contributed by atoms with Crippen LogP contribution in [-0.2, 0) is 10.0 Å². The number of nitrogens with two attached hydrogens (primary N) is 1. The summed E-state index contributed by atoms with van der Waals surface area (Å²) in [5.74, 6) is 6.29. The van der Waals surface area contributed by atoms with E-state index in [1.54, 1.807) is 6.92 Å². The molecule has 0 saturated carbocycles. The van der Waals surface area contributed by atoms with Crippen LogP contribution in [0.1, 0.15) is 5.56 Å². The van der Waals surface area contributed by atoms with Crippen LogP contribution in [0.2, 0.25) is 0 Å². The Morgan fingerprint density at radius 1 is 1.35 bits per heavy atom. The van der Waals surface area contributed by atoms with Crippen LogP contribution in [0.15, 0.2) is 6.33 Å². The van der Waals surface area contributed by atoms with Gasteiger partial charge in [-0.3, -0.25) is 0 Å². The van der Waals surface area contributed by atoms with Gasteiger partial charge in [-0.05, 0) is 14.0 Å². The Bertz CT molecular complexity index is 475. The molecule has 0 aliphatic heterocycles. The van der Waals surface area contributed by atoms with E-state index >= 15 is 0 Å².